The number of nitrogens with one attached hydrogen (secondary N) is 1. The first-order valence-electron chi connectivity index (χ1n) is 6.36. The summed E-state index contributed by atoms with van der Waals surface area (Å²) in [6.07, 6.45) is 4.50. The normalized spacial score (nSPS) is 31.2. The van der Waals surface area contributed by atoms with Gasteiger partial charge in [-0.1, -0.05) is 0 Å². The van der Waals surface area contributed by atoms with E-state index in [1.54, 1.807) is 0 Å². The molecule has 2 unspecified atom stereocenters. The van der Waals surface area contributed by atoms with Crippen LogP contribution in [0.15, 0.2) is 0 Å². The summed E-state index contributed by atoms with van der Waals surface area (Å²) >= 11 is 0. The summed E-state index contributed by atoms with van der Waals surface area (Å²) in [5, 5.41) is 2.99. The van der Waals surface area contributed by atoms with Gasteiger partial charge in [0.15, 0.2) is 0 Å². The second-order valence-electron chi connectivity index (χ2n) is 4.97. The third kappa shape index (κ3) is 3.19. The van der Waals surface area contributed by atoms with Crippen LogP contribution in [-0.4, -0.2) is 32.2 Å². The molecule has 0 spiro atoms. The van der Waals surface area contributed by atoms with Crippen LogP contribution in [0.4, 0.5) is 0 Å². The molecule has 3 N–H and O–H groups in total. The summed E-state index contributed by atoms with van der Waals surface area (Å²) in [7, 11) is 0. The average molecular weight is 226 g/mol. The molecule has 2 aliphatic carbocycles. The zero-order chi connectivity index (χ0) is 11.4. The first-order valence-corrected chi connectivity index (χ1v) is 6.36. The molecule has 4 heteroatoms. The summed E-state index contributed by atoms with van der Waals surface area (Å²) in [5.41, 5.74) is 5.30. The molecular formula is C12H22N2O2. The Labute approximate surface area is 96.9 Å². The molecule has 16 heavy (non-hydrogen) atoms. The van der Waals surface area contributed by atoms with Gasteiger partial charge in [-0.05, 0) is 37.5 Å². The molecule has 0 saturated heterocycles. The monoisotopic (exact) mass is 226 g/mol. The highest BCUT2D eigenvalue weighted by Crippen LogP contribution is 2.54. The number of hydrogen-bond acceptors (Lipinski definition) is 3. The molecular weight excluding hydrogens is 204 g/mol. The summed E-state index contributed by atoms with van der Waals surface area (Å²) in [5.74, 6) is 2.31. The Kier molecular flexibility index (Phi) is 4.18. The van der Waals surface area contributed by atoms with E-state index in [-0.39, 0.29) is 5.91 Å². The molecule has 4 nitrogen and oxygen atoms in total. The maximum atomic E-state index is 11.7. The van der Waals surface area contributed by atoms with E-state index in [1.165, 1.54) is 6.42 Å². The van der Waals surface area contributed by atoms with Crippen LogP contribution < -0.4 is 11.1 Å². The largest absolute Gasteiger partial charge is 0.380 e. The number of hydrogen-bond donors (Lipinski definition) is 2. The highest BCUT2D eigenvalue weighted by atomic mass is 16.5. The van der Waals surface area contributed by atoms with E-state index < -0.39 is 0 Å². The van der Waals surface area contributed by atoms with Crippen molar-refractivity contribution in [2.24, 2.45) is 23.5 Å². The summed E-state index contributed by atoms with van der Waals surface area (Å²) in [4.78, 5) is 11.7. The molecule has 0 bridgehead atoms. The molecule has 2 fully saturated rings. The maximum absolute atomic E-state index is 11.7. The van der Waals surface area contributed by atoms with Crippen molar-refractivity contribution >= 4 is 5.91 Å². The third-order valence-corrected chi connectivity index (χ3v) is 3.64. The first kappa shape index (κ1) is 11.9. The van der Waals surface area contributed by atoms with Crippen LogP contribution in [0.25, 0.3) is 0 Å². The van der Waals surface area contributed by atoms with Crippen molar-refractivity contribution in [2.75, 3.05) is 26.3 Å². The third-order valence-electron chi connectivity index (χ3n) is 3.64. The van der Waals surface area contributed by atoms with Gasteiger partial charge in [0.25, 0.3) is 0 Å². The van der Waals surface area contributed by atoms with Gasteiger partial charge in [-0.3, -0.25) is 4.79 Å². The molecule has 2 rings (SSSR count). The Morgan fingerprint density at radius 2 is 2.00 bits per heavy atom. The zero-order valence-corrected chi connectivity index (χ0v) is 9.78. The van der Waals surface area contributed by atoms with Gasteiger partial charge in [0.1, 0.15) is 0 Å². The van der Waals surface area contributed by atoms with Crippen molar-refractivity contribution in [2.45, 2.75) is 25.7 Å². The van der Waals surface area contributed by atoms with Crippen molar-refractivity contribution < 1.29 is 9.53 Å². The molecule has 92 valence electrons. The van der Waals surface area contributed by atoms with Crippen molar-refractivity contribution in [3.63, 3.8) is 0 Å². The van der Waals surface area contributed by atoms with Gasteiger partial charge in [-0.15, -0.1) is 0 Å². The Hall–Kier alpha value is -0.610. The van der Waals surface area contributed by atoms with Gasteiger partial charge in [-0.2, -0.15) is 0 Å². The lowest BCUT2D eigenvalue weighted by molar-refractivity contribution is -0.125. The number of carbonyl (C=O) groups is 1. The molecule has 0 heterocycles. The number of rotatable bonds is 7. The zero-order valence-electron chi connectivity index (χ0n) is 9.78. The van der Waals surface area contributed by atoms with E-state index in [2.05, 4.69) is 5.32 Å². The molecule has 0 aromatic carbocycles. The van der Waals surface area contributed by atoms with E-state index in [0.29, 0.717) is 25.7 Å². The topological polar surface area (TPSA) is 64.3 Å². The lowest BCUT2D eigenvalue weighted by Gasteiger charge is -2.12. The number of ether oxygens (including phenoxy) is 1. The molecule has 2 aliphatic rings. The van der Waals surface area contributed by atoms with Crippen LogP contribution in [0.1, 0.15) is 25.7 Å². The van der Waals surface area contributed by atoms with Crippen molar-refractivity contribution in [3.05, 3.63) is 0 Å². The lowest BCUT2D eigenvalue weighted by atomic mass is 10.0. The van der Waals surface area contributed by atoms with Crippen LogP contribution in [0, 0.1) is 17.8 Å². The standard InChI is InChI=1S/C12H22N2O2/c13-2-5-16-4-1-3-14-12(15)11-7-9-6-10(9)8-11/h9-11H,1-8,13H2,(H,14,15). The fraction of sp³-hybridized carbons (Fsp3) is 0.917. The summed E-state index contributed by atoms with van der Waals surface area (Å²) in [6, 6.07) is 0. The minimum Gasteiger partial charge on any atom is -0.380 e. The molecule has 1 amide bonds. The van der Waals surface area contributed by atoms with E-state index in [4.69, 9.17) is 10.5 Å². The molecule has 2 saturated carbocycles. The highest BCUT2D eigenvalue weighted by Gasteiger charge is 2.47. The number of carbonyl (C=O) groups excluding carboxylic acids is 1. The van der Waals surface area contributed by atoms with Gasteiger partial charge in [0.05, 0.1) is 6.61 Å². The van der Waals surface area contributed by atoms with Crippen LogP contribution in [0.5, 0.6) is 0 Å². The van der Waals surface area contributed by atoms with Gasteiger partial charge >= 0.3 is 0 Å². The van der Waals surface area contributed by atoms with E-state index >= 15 is 0 Å². The Morgan fingerprint density at radius 1 is 1.25 bits per heavy atom. The van der Waals surface area contributed by atoms with Crippen LogP contribution >= 0.6 is 0 Å². The van der Waals surface area contributed by atoms with E-state index in [1.807, 2.05) is 0 Å². The molecule has 0 radical (unpaired) electrons. The molecule has 0 aliphatic heterocycles. The van der Waals surface area contributed by atoms with Crippen molar-refractivity contribution in [3.8, 4) is 0 Å². The average Bonchev–Trinajstić information content (AvgIpc) is 2.90. The van der Waals surface area contributed by atoms with Gasteiger partial charge in [-0.25, -0.2) is 0 Å². The van der Waals surface area contributed by atoms with Crippen LogP contribution in [0.3, 0.4) is 0 Å². The Morgan fingerprint density at radius 3 is 2.69 bits per heavy atom. The SMILES string of the molecule is NCCOCCCNC(=O)C1CC2CC2C1. The van der Waals surface area contributed by atoms with Crippen molar-refractivity contribution in [1.29, 1.82) is 0 Å². The van der Waals surface area contributed by atoms with Gasteiger partial charge in [0.2, 0.25) is 5.91 Å². The van der Waals surface area contributed by atoms with Crippen LogP contribution in [-0.2, 0) is 9.53 Å². The second kappa shape index (κ2) is 5.64. The number of fused-ring (bicyclic) bond motifs is 1. The minimum absolute atomic E-state index is 0.256. The van der Waals surface area contributed by atoms with Gasteiger partial charge < -0.3 is 15.8 Å². The molecule has 0 aromatic rings. The van der Waals surface area contributed by atoms with Crippen LogP contribution in [0.2, 0.25) is 0 Å². The predicted molar refractivity (Wildman–Crippen MR) is 61.8 cm³/mol. The summed E-state index contributed by atoms with van der Waals surface area (Å²) < 4.78 is 5.24. The molecule has 0 aromatic heterocycles. The molecule has 2 atom stereocenters. The number of nitrogens with two attached hydrogens (primary N) is 1. The minimum atomic E-state index is 0.256. The van der Waals surface area contributed by atoms with Gasteiger partial charge in [0, 0.05) is 25.6 Å². The van der Waals surface area contributed by atoms with E-state index in [0.717, 1.165) is 37.6 Å². The van der Waals surface area contributed by atoms with Crippen molar-refractivity contribution in [1.82, 2.24) is 5.32 Å². The summed E-state index contributed by atoms with van der Waals surface area (Å²) in [6.45, 7) is 2.60. The maximum Gasteiger partial charge on any atom is 0.223 e. The Balaban J connectivity index is 1.48. The first-order chi connectivity index (χ1) is 7.81. The second-order valence-corrected chi connectivity index (χ2v) is 4.97. The van der Waals surface area contributed by atoms with E-state index in [9.17, 15) is 4.79 Å². The fourth-order valence-electron chi connectivity index (χ4n) is 2.64. The quantitative estimate of drug-likeness (QED) is 0.622. The smallest absolute Gasteiger partial charge is 0.223 e. The fourth-order valence-corrected chi connectivity index (χ4v) is 2.64. The lowest BCUT2D eigenvalue weighted by Crippen LogP contribution is -2.31. The highest BCUT2D eigenvalue weighted by molar-refractivity contribution is 5.79. The predicted octanol–water partition coefficient (Wildman–Crippen LogP) is 0.514. The number of amides is 1. The Bertz CT molecular complexity index is 235.